The monoisotopic (exact) mass is 442 g/mol. The van der Waals surface area contributed by atoms with E-state index in [4.69, 9.17) is 22.1 Å². The van der Waals surface area contributed by atoms with Crippen LogP contribution in [-0.4, -0.2) is 32.1 Å². The first kappa shape index (κ1) is 23.1. The number of hydrogen-bond acceptors (Lipinski definition) is 4. The van der Waals surface area contributed by atoms with E-state index in [1.165, 1.54) is 39.2 Å². The summed E-state index contributed by atoms with van der Waals surface area (Å²) in [6.07, 6.45) is 6.11. The Morgan fingerprint density at radius 3 is 2.32 bits per heavy atom. The first-order chi connectivity index (χ1) is 14.8. The molecule has 0 aromatic heterocycles. The molecule has 2 N–H and O–H groups in total. The molecule has 0 heterocycles. The number of halogens is 1. The summed E-state index contributed by atoms with van der Waals surface area (Å²) < 4.78 is 4.76. The van der Waals surface area contributed by atoms with Gasteiger partial charge in [0.05, 0.1) is 18.6 Å². The lowest BCUT2D eigenvalue weighted by molar-refractivity contribution is -0.119. The van der Waals surface area contributed by atoms with Crippen LogP contribution in [0.3, 0.4) is 0 Å². The van der Waals surface area contributed by atoms with Gasteiger partial charge in [0.15, 0.2) is 0 Å². The van der Waals surface area contributed by atoms with Crippen molar-refractivity contribution in [3.8, 4) is 0 Å². The Hall–Kier alpha value is -2.53. The summed E-state index contributed by atoms with van der Waals surface area (Å²) in [5.41, 5.74) is 9.14. The fourth-order valence-corrected chi connectivity index (χ4v) is 4.88. The van der Waals surface area contributed by atoms with Crippen molar-refractivity contribution < 1.29 is 14.3 Å². The van der Waals surface area contributed by atoms with E-state index in [1.54, 1.807) is 24.3 Å². The van der Waals surface area contributed by atoms with Crippen LogP contribution in [0, 0.1) is 0 Å². The molecule has 1 aliphatic carbocycles. The van der Waals surface area contributed by atoms with Crippen LogP contribution in [0.1, 0.15) is 72.3 Å². The SMILES string of the molecule is COC(=O)c1ccc(C(C(N)=O)C(C)c2cc(Cl)ccc2N(C)C2CCCCC2)cc1. The van der Waals surface area contributed by atoms with Crippen molar-refractivity contribution in [1.82, 2.24) is 0 Å². The quantitative estimate of drug-likeness (QED) is 0.593. The molecule has 0 saturated heterocycles. The van der Waals surface area contributed by atoms with Gasteiger partial charge in [0.1, 0.15) is 0 Å². The highest BCUT2D eigenvalue weighted by Gasteiger charge is 2.30. The highest BCUT2D eigenvalue weighted by Crippen LogP contribution is 2.40. The zero-order valence-electron chi connectivity index (χ0n) is 18.4. The number of rotatable bonds is 7. The van der Waals surface area contributed by atoms with Crippen molar-refractivity contribution in [3.63, 3.8) is 0 Å². The third-order valence-corrected chi connectivity index (χ3v) is 6.72. The topological polar surface area (TPSA) is 72.6 Å². The van der Waals surface area contributed by atoms with Crippen LogP contribution in [0.25, 0.3) is 0 Å². The average Bonchev–Trinajstić information content (AvgIpc) is 2.79. The lowest BCUT2D eigenvalue weighted by Crippen LogP contribution is -2.34. The number of methoxy groups -OCH3 is 1. The van der Waals surface area contributed by atoms with Gasteiger partial charge in [0.2, 0.25) is 5.91 Å². The summed E-state index contributed by atoms with van der Waals surface area (Å²) >= 11 is 6.37. The molecule has 0 bridgehead atoms. The molecule has 6 heteroatoms. The molecule has 31 heavy (non-hydrogen) atoms. The van der Waals surface area contributed by atoms with E-state index in [-0.39, 0.29) is 5.92 Å². The van der Waals surface area contributed by atoms with E-state index >= 15 is 0 Å². The molecule has 2 atom stereocenters. The number of carbonyl (C=O) groups excluding carboxylic acids is 2. The minimum atomic E-state index is -0.552. The summed E-state index contributed by atoms with van der Waals surface area (Å²) in [4.78, 5) is 26.6. The maximum absolute atomic E-state index is 12.5. The van der Waals surface area contributed by atoms with Crippen LogP contribution in [0.15, 0.2) is 42.5 Å². The zero-order valence-corrected chi connectivity index (χ0v) is 19.2. The van der Waals surface area contributed by atoms with Crippen LogP contribution in [-0.2, 0) is 9.53 Å². The molecule has 1 fully saturated rings. The minimum Gasteiger partial charge on any atom is -0.465 e. The summed E-state index contributed by atoms with van der Waals surface area (Å²) in [5.74, 6) is -1.57. The second kappa shape index (κ2) is 10.2. The highest BCUT2D eigenvalue weighted by atomic mass is 35.5. The Morgan fingerprint density at radius 2 is 1.74 bits per heavy atom. The third-order valence-electron chi connectivity index (χ3n) is 6.48. The molecule has 1 amide bonds. The zero-order chi connectivity index (χ0) is 22.5. The van der Waals surface area contributed by atoms with E-state index in [2.05, 4.69) is 11.9 Å². The average molecular weight is 443 g/mol. The van der Waals surface area contributed by atoms with Crippen molar-refractivity contribution in [1.29, 1.82) is 0 Å². The molecule has 2 aromatic rings. The fraction of sp³-hybridized carbons (Fsp3) is 0.440. The van der Waals surface area contributed by atoms with Crippen molar-refractivity contribution in [2.45, 2.75) is 56.9 Å². The second-order valence-electron chi connectivity index (χ2n) is 8.39. The van der Waals surface area contributed by atoms with Gasteiger partial charge in [-0.05, 0) is 60.2 Å². The highest BCUT2D eigenvalue weighted by molar-refractivity contribution is 6.30. The number of esters is 1. The second-order valence-corrected chi connectivity index (χ2v) is 8.82. The van der Waals surface area contributed by atoms with Crippen molar-refractivity contribution in [3.05, 3.63) is 64.2 Å². The fourth-order valence-electron chi connectivity index (χ4n) is 4.70. The first-order valence-corrected chi connectivity index (χ1v) is 11.2. The summed E-state index contributed by atoms with van der Waals surface area (Å²) in [7, 11) is 3.47. The number of primary amides is 1. The summed E-state index contributed by atoms with van der Waals surface area (Å²) in [6, 6.07) is 13.2. The Morgan fingerprint density at radius 1 is 1.10 bits per heavy atom. The molecule has 1 aliphatic rings. The molecule has 1 saturated carbocycles. The standard InChI is InChI=1S/C25H31ClN2O3/c1-16(23(24(27)29)17-9-11-18(12-10-17)25(30)31-3)21-15-19(26)13-14-22(21)28(2)20-7-5-4-6-8-20/h9-16,20,23H,4-8H2,1-3H3,(H2,27,29). The summed E-state index contributed by atoms with van der Waals surface area (Å²) in [5, 5.41) is 0.631. The number of amides is 1. The predicted octanol–water partition coefficient (Wildman–Crippen LogP) is 5.27. The number of nitrogens with two attached hydrogens (primary N) is 1. The van der Waals surface area contributed by atoms with E-state index in [0.29, 0.717) is 16.6 Å². The minimum absolute atomic E-state index is 0.193. The number of anilines is 1. The van der Waals surface area contributed by atoms with Gasteiger partial charge in [-0.25, -0.2) is 4.79 Å². The van der Waals surface area contributed by atoms with Gasteiger partial charge in [-0.1, -0.05) is 49.9 Å². The van der Waals surface area contributed by atoms with Gasteiger partial charge in [-0.3, -0.25) is 4.79 Å². The van der Waals surface area contributed by atoms with Crippen LogP contribution in [0.2, 0.25) is 5.02 Å². The van der Waals surface area contributed by atoms with E-state index in [0.717, 1.165) is 16.8 Å². The van der Waals surface area contributed by atoms with E-state index in [9.17, 15) is 9.59 Å². The number of benzene rings is 2. The van der Waals surface area contributed by atoms with Gasteiger partial charge in [-0.15, -0.1) is 0 Å². The molecule has 0 spiro atoms. The van der Waals surface area contributed by atoms with Crippen LogP contribution >= 0.6 is 11.6 Å². The van der Waals surface area contributed by atoms with E-state index in [1.807, 2.05) is 25.1 Å². The Bertz CT molecular complexity index is 923. The Balaban J connectivity index is 1.96. The first-order valence-electron chi connectivity index (χ1n) is 10.8. The molecule has 3 rings (SSSR count). The summed E-state index contributed by atoms with van der Waals surface area (Å²) in [6.45, 7) is 2.01. The van der Waals surface area contributed by atoms with Crippen molar-refractivity contribution >= 4 is 29.2 Å². The molecule has 166 valence electrons. The lowest BCUT2D eigenvalue weighted by atomic mass is 9.81. The van der Waals surface area contributed by atoms with Crippen LogP contribution in [0.4, 0.5) is 5.69 Å². The molecule has 2 aromatic carbocycles. The molecular weight excluding hydrogens is 412 g/mol. The van der Waals surface area contributed by atoms with Gasteiger partial charge in [0.25, 0.3) is 0 Å². The smallest absolute Gasteiger partial charge is 0.337 e. The maximum atomic E-state index is 12.5. The molecule has 2 unspecified atom stereocenters. The molecular formula is C25H31ClN2O3. The number of nitrogens with zero attached hydrogens (tertiary/aromatic N) is 1. The Labute approximate surface area is 189 Å². The maximum Gasteiger partial charge on any atom is 0.337 e. The van der Waals surface area contributed by atoms with Crippen LogP contribution in [0.5, 0.6) is 0 Å². The Kier molecular flexibility index (Phi) is 7.60. The van der Waals surface area contributed by atoms with Gasteiger partial charge in [0, 0.05) is 23.8 Å². The lowest BCUT2D eigenvalue weighted by Gasteiger charge is -2.36. The van der Waals surface area contributed by atoms with Gasteiger partial charge in [-0.2, -0.15) is 0 Å². The van der Waals surface area contributed by atoms with Crippen LogP contribution < -0.4 is 10.6 Å². The predicted molar refractivity (Wildman–Crippen MR) is 125 cm³/mol. The number of carbonyl (C=O) groups is 2. The molecule has 5 nitrogen and oxygen atoms in total. The number of hydrogen-bond donors (Lipinski definition) is 1. The van der Waals surface area contributed by atoms with Gasteiger partial charge < -0.3 is 15.4 Å². The van der Waals surface area contributed by atoms with E-state index < -0.39 is 17.8 Å². The molecule has 0 aliphatic heterocycles. The van der Waals surface area contributed by atoms with Gasteiger partial charge >= 0.3 is 5.97 Å². The largest absolute Gasteiger partial charge is 0.465 e. The third kappa shape index (κ3) is 5.21. The van der Waals surface area contributed by atoms with Crippen molar-refractivity contribution in [2.24, 2.45) is 5.73 Å². The normalized spacial score (nSPS) is 16.4. The number of ether oxygens (including phenoxy) is 1. The van der Waals surface area contributed by atoms with Crippen molar-refractivity contribution in [2.75, 3.05) is 19.1 Å². The molecule has 0 radical (unpaired) electrons.